The molecular weight excluding hydrogens is 160 g/mol. The van der Waals surface area contributed by atoms with Crippen LogP contribution in [-0.2, 0) is 0 Å². The Morgan fingerprint density at radius 2 is 2.15 bits per heavy atom. The van der Waals surface area contributed by atoms with E-state index in [2.05, 4.69) is 24.2 Å². The number of likely N-dealkylation sites (N-methyl/N-ethyl adjacent to an activating group) is 1. The summed E-state index contributed by atoms with van der Waals surface area (Å²) in [4.78, 5) is 2.75. The number of rotatable bonds is 3. The van der Waals surface area contributed by atoms with Crippen molar-refractivity contribution in [3.63, 3.8) is 0 Å². The van der Waals surface area contributed by atoms with E-state index >= 15 is 0 Å². The van der Waals surface area contributed by atoms with Crippen LogP contribution in [0, 0.1) is 5.92 Å². The lowest BCUT2D eigenvalue weighted by Crippen LogP contribution is -2.48. The van der Waals surface area contributed by atoms with Crippen LogP contribution in [-0.4, -0.2) is 37.1 Å². The fraction of sp³-hybridized carbons (Fsp3) is 1.00. The highest BCUT2D eigenvalue weighted by molar-refractivity contribution is 4.92. The molecule has 13 heavy (non-hydrogen) atoms. The highest BCUT2D eigenvalue weighted by Crippen LogP contribution is 2.35. The van der Waals surface area contributed by atoms with Crippen molar-refractivity contribution in [2.45, 2.75) is 44.7 Å². The van der Waals surface area contributed by atoms with Gasteiger partial charge in [-0.1, -0.05) is 6.92 Å². The number of hydrogen-bond donors (Lipinski definition) is 1. The van der Waals surface area contributed by atoms with E-state index in [9.17, 15) is 0 Å². The molecule has 2 aliphatic rings. The van der Waals surface area contributed by atoms with Crippen LogP contribution in [0.1, 0.15) is 32.6 Å². The van der Waals surface area contributed by atoms with Crippen molar-refractivity contribution < 1.29 is 0 Å². The molecule has 0 aromatic heterocycles. The second-order valence-electron chi connectivity index (χ2n) is 4.82. The number of likely N-dealkylation sites (tertiary alicyclic amines) is 1. The number of hydrogen-bond acceptors (Lipinski definition) is 2. The van der Waals surface area contributed by atoms with Crippen molar-refractivity contribution in [2.24, 2.45) is 5.92 Å². The molecule has 2 fully saturated rings. The van der Waals surface area contributed by atoms with E-state index in [0.717, 1.165) is 18.0 Å². The first kappa shape index (κ1) is 9.47. The Morgan fingerprint density at radius 1 is 1.38 bits per heavy atom. The summed E-state index contributed by atoms with van der Waals surface area (Å²) in [5.74, 6) is 0.987. The average Bonchev–Trinajstić information content (AvgIpc) is 2.48. The first-order chi connectivity index (χ1) is 6.31. The highest BCUT2D eigenvalue weighted by Gasteiger charge is 2.36. The Bertz CT molecular complexity index is 163. The largest absolute Gasteiger partial charge is 0.318 e. The molecule has 1 aliphatic carbocycles. The molecule has 2 heteroatoms. The van der Waals surface area contributed by atoms with Crippen LogP contribution < -0.4 is 5.32 Å². The van der Waals surface area contributed by atoms with Gasteiger partial charge in [0.2, 0.25) is 0 Å². The number of nitrogens with one attached hydrogen (secondary N) is 1. The molecule has 1 unspecified atom stereocenters. The van der Waals surface area contributed by atoms with Crippen LogP contribution in [0.4, 0.5) is 0 Å². The van der Waals surface area contributed by atoms with Crippen LogP contribution in [0.15, 0.2) is 0 Å². The van der Waals surface area contributed by atoms with Crippen molar-refractivity contribution in [3.05, 3.63) is 0 Å². The molecule has 76 valence electrons. The first-order valence-corrected chi connectivity index (χ1v) is 5.71. The zero-order valence-electron chi connectivity index (χ0n) is 8.92. The van der Waals surface area contributed by atoms with E-state index in [0.29, 0.717) is 0 Å². The van der Waals surface area contributed by atoms with Gasteiger partial charge in [-0.05, 0) is 45.2 Å². The highest BCUT2D eigenvalue weighted by atomic mass is 15.2. The zero-order chi connectivity index (χ0) is 9.26. The molecule has 2 nitrogen and oxygen atoms in total. The predicted octanol–water partition coefficient (Wildman–Crippen LogP) is 1.47. The second kappa shape index (κ2) is 3.97. The van der Waals surface area contributed by atoms with Crippen LogP contribution in [0.3, 0.4) is 0 Å². The third-order valence-electron chi connectivity index (χ3n) is 3.68. The van der Waals surface area contributed by atoms with Gasteiger partial charge in [0, 0.05) is 18.6 Å². The minimum atomic E-state index is 0.836. The molecule has 0 bridgehead atoms. The lowest BCUT2D eigenvalue weighted by Gasteiger charge is -2.42. The Hall–Kier alpha value is -0.0800. The fourth-order valence-electron chi connectivity index (χ4n) is 2.92. The molecule has 0 radical (unpaired) electrons. The predicted molar refractivity (Wildman–Crippen MR) is 55.8 cm³/mol. The van der Waals surface area contributed by atoms with Crippen molar-refractivity contribution >= 4 is 0 Å². The Morgan fingerprint density at radius 3 is 2.77 bits per heavy atom. The minimum Gasteiger partial charge on any atom is -0.318 e. The van der Waals surface area contributed by atoms with Crippen molar-refractivity contribution in [1.82, 2.24) is 10.2 Å². The Kier molecular flexibility index (Phi) is 2.89. The molecule has 1 saturated heterocycles. The van der Waals surface area contributed by atoms with Gasteiger partial charge in [-0.15, -0.1) is 0 Å². The molecule has 0 aromatic rings. The van der Waals surface area contributed by atoms with Gasteiger partial charge in [0.05, 0.1) is 0 Å². The quantitative estimate of drug-likeness (QED) is 0.711. The minimum absolute atomic E-state index is 0.836. The lowest BCUT2D eigenvalue weighted by molar-refractivity contribution is 0.0757. The van der Waals surface area contributed by atoms with Crippen molar-refractivity contribution in [2.75, 3.05) is 20.1 Å². The summed E-state index contributed by atoms with van der Waals surface area (Å²) in [6, 6.07) is 1.76. The van der Waals surface area contributed by atoms with Gasteiger partial charge in [-0.2, -0.15) is 0 Å². The fourth-order valence-corrected chi connectivity index (χ4v) is 2.92. The van der Waals surface area contributed by atoms with Gasteiger partial charge in [0.15, 0.2) is 0 Å². The maximum Gasteiger partial charge on any atom is 0.0223 e. The van der Waals surface area contributed by atoms with Crippen LogP contribution in [0.5, 0.6) is 0 Å². The average molecular weight is 182 g/mol. The molecule has 0 amide bonds. The van der Waals surface area contributed by atoms with Crippen LogP contribution in [0.25, 0.3) is 0 Å². The van der Waals surface area contributed by atoms with E-state index in [4.69, 9.17) is 0 Å². The van der Waals surface area contributed by atoms with E-state index in [1.807, 2.05) is 0 Å². The van der Waals surface area contributed by atoms with Gasteiger partial charge in [-0.3, -0.25) is 4.90 Å². The zero-order valence-corrected chi connectivity index (χ0v) is 8.92. The molecule has 1 atom stereocenters. The molecule has 2 rings (SSSR count). The standard InChI is InChI=1S/C11H22N2/c1-9-6-11(7-9)13-5-3-4-10(13)8-12-2/h9-12H,3-8H2,1-2H3. The smallest absolute Gasteiger partial charge is 0.0223 e. The van der Waals surface area contributed by atoms with Crippen molar-refractivity contribution in [1.29, 1.82) is 0 Å². The van der Waals surface area contributed by atoms with E-state index in [1.54, 1.807) is 0 Å². The van der Waals surface area contributed by atoms with Crippen LogP contribution in [0.2, 0.25) is 0 Å². The normalized spacial score (nSPS) is 40.6. The number of nitrogens with zero attached hydrogens (tertiary/aromatic N) is 1. The maximum absolute atomic E-state index is 3.31. The van der Waals surface area contributed by atoms with Crippen LogP contribution >= 0.6 is 0 Å². The summed E-state index contributed by atoms with van der Waals surface area (Å²) in [5.41, 5.74) is 0. The van der Waals surface area contributed by atoms with Crippen molar-refractivity contribution in [3.8, 4) is 0 Å². The monoisotopic (exact) mass is 182 g/mol. The summed E-state index contributed by atoms with van der Waals surface area (Å²) in [5, 5.41) is 3.31. The third-order valence-corrected chi connectivity index (χ3v) is 3.68. The molecule has 1 saturated carbocycles. The molecular formula is C11H22N2. The Labute approximate surface area is 81.7 Å². The summed E-state index contributed by atoms with van der Waals surface area (Å²) < 4.78 is 0. The van der Waals surface area contributed by atoms with Gasteiger partial charge in [-0.25, -0.2) is 0 Å². The topological polar surface area (TPSA) is 15.3 Å². The second-order valence-corrected chi connectivity index (χ2v) is 4.82. The first-order valence-electron chi connectivity index (χ1n) is 5.71. The molecule has 0 spiro atoms. The molecule has 1 aliphatic heterocycles. The molecule has 1 N–H and O–H groups in total. The maximum atomic E-state index is 3.31. The van der Waals surface area contributed by atoms with Gasteiger partial charge in [0.25, 0.3) is 0 Å². The summed E-state index contributed by atoms with van der Waals surface area (Å²) in [6.45, 7) is 4.91. The summed E-state index contributed by atoms with van der Waals surface area (Å²) in [7, 11) is 2.07. The van der Waals surface area contributed by atoms with Gasteiger partial charge in [0.1, 0.15) is 0 Å². The molecule has 1 heterocycles. The van der Waals surface area contributed by atoms with E-state index < -0.39 is 0 Å². The summed E-state index contributed by atoms with van der Waals surface area (Å²) >= 11 is 0. The lowest BCUT2D eigenvalue weighted by atomic mass is 9.80. The van der Waals surface area contributed by atoms with E-state index in [-0.39, 0.29) is 0 Å². The summed E-state index contributed by atoms with van der Waals surface area (Å²) in [6.07, 6.45) is 5.71. The third kappa shape index (κ3) is 1.89. The van der Waals surface area contributed by atoms with Gasteiger partial charge < -0.3 is 5.32 Å². The SMILES string of the molecule is CNCC1CCCN1C1CC(C)C1. The van der Waals surface area contributed by atoms with E-state index in [1.165, 1.54) is 38.8 Å². The Balaban J connectivity index is 1.83. The molecule has 0 aromatic carbocycles. The van der Waals surface area contributed by atoms with Gasteiger partial charge >= 0.3 is 0 Å².